The van der Waals surface area contributed by atoms with Crippen LogP contribution in [-0.2, 0) is 4.79 Å². The first kappa shape index (κ1) is 12.7. The minimum absolute atomic E-state index is 0.142. The van der Waals surface area contributed by atoms with Crippen molar-refractivity contribution >= 4 is 11.6 Å². The van der Waals surface area contributed by atoms with Crippen molar-refractivity contribution in [3.63, 3.8) is 0 Å². The van der Waals surface area contributed by atoms with Crippen LogP contribution >= 0.6 is 0 Å². The summed E-state index contributed by atoms with van der Waals surface area (Å²) in [5.41, 5.74) is 8.67. The molecule has 3 nitrogen and oxygen atoms in total. The van der Waals surface area contributed by atoms with Gasteiger partial charge < -0.3 is 11.1 Å². The van der Waals surface area contributed by atoms with E-state index >= 15 is 0 Å². The first-order chi connectivity index (χ1) is 7.43. The molecule has 0 aliphatic rings. The van der Waals surface area contributed by atoms with E-state index in [1.807, 2.05) is 25.1 Å². The van der Waals surface area contributed by atoms with E-state index in [0.717, 1.165) is 16.8 Å². The Bertz CT molecular complexity index is 384. The number of rotatable bonds is 3. The predicted octanol–water partition coefficient (Wildman–Crippen LogP) is 2.40. The highest BCUT2D eigenvalue weighted by atomic mass is 16.2. The third-order valence-electron chi connectivity index (χ3n) is 2.59. The van der Waals surface area contributed by atoms with E-state index in [2.05, 4.69) is 19.2 Å². The number of hydrogen-bond donors (Lipinski definition) is 2. The molecule has 0 unspecified atom stereocenters. The Kier molecular flexibility index (Phi) is 4.07. The highest BCUT2D eigenvalue weighted by Gasteiger charge is 2.13. The molecule has 1 atom stereocenters. The van der Waals surface area contributed by atoms with Crippen molar-refractivity contribution in [2.24, 2.45) is 5.73 Å². The number of anilines is 1. The summed E-state index contributed by atoms with van der Waals surface area (Å²) >= 11 is 0. The lowest BCUT2D eigenvalue weighted by Gasteiger charge is -2.17. The topological polar surface area (TPSA) is 55.1 Å². The van der Waals surface area contributed by atoms with E-state index in [-0.39, 0.29) is 5.91 Å². The molecular formula is C13H20N2O. The normalized spacial score (nSPS) is 12.6. The predicted molar refractivity (Wildman–Crippen MR) is 67.5 cm³/mol. The van der Waals surface area contributed by atoms with Crippen LogP contribution in [0.15, 0.2) is 18.2 Å². The third kappa shape index (κ3) is 2.83. The lowest BCUT2D eigenvalue weighted by Crippen LogP contribution is -2.33. The maximum Gasteiger partial charge on any atom is 0.241 e. The molecule has 88 valence electrons. The number of carbonyl (C=O) groups is 1. The second kappa shape index (κ2) is 5.12. The minimum atomic E-state index is -0.486. The number of nitrogens with two attached hydrogens (primary N) is 1. The number of aryl methyl sites for hydroxylation is 1. The second-order valence-electron chi connectivity index (χ2n) is 4.47. The molecule has 0 saturated carbocycles. The standard InChI is InChI=1S/C13H20N2O/c1-8(2)11-7-5-6-9(3)12(11)15-13(16)10(4)14/h5-8,10H,14H2,1-4H3,(H,15,16)/t10-/m1/s1. The summed E-state index contributed by atoms with van der Waals surface area (Å²) in [4.78, 5) is 11.6. The molecular weight excluding hydrogens is 200 g/mol. The average molecular weight is 220 g/mol. The Morgan fingerprint density at radius 3 is 2.44 bits per heavy atom. The summed E-state index contributed by atoms with van der Waals surface area (Å²) in [6, 6.07) is 5.54. The molecule has 0 bridgehead atoms. The van der Waals surface area contributed by atoms with Crippen molar-refractivity contribution in [1.82, 2.24) is 0 Å². The zero-order chi connectivity index (χ0) is 12.3. The molecule has 1 amide bonds. The van der Waals surface area contributed by atoms with E-state index in [1.54, 1.807) is 6.92 Å². The second-order valence-corrected chi connectivity index (χ2v) is 4.47. The monoisotopic (exact) mass is 220 g/mol. The molecule has 0 heterocycles. The fourth-order valence-electron chi connectivity index (χ4n) is 1.58. The van der Waals surface area contributed by atoms with Gasteiger partial charge in [-0.1, -0.05) is 32.0 Å². The van der Waals surface area contributed by atoms with Crippen LogP contribution in [0.4, 0.5) is 5.69 Å². The first-order valence-corrected chi connectivity index (χ1v) is 5.59. The number of carbonyl (C=O) groups excluding carboxylic acids is 1. The van der Waals surface area contributed by atoms with E-state index < -0.39 is 6.04 Å². The summed E-state index contributed by atoms with van der Waals surface area (Å²) < 4.78 is 0. The number of para-hydroxylation sites is 1. The maximum absolute atomic E-state index is 11.6. The van der Waals surface area contributed by atoms with Crippen LogP contribution in [0.3, 0.4) is 0 Å². The largest absolute Gasteiger partial charge is 0.324 e. The zero-order valence-electron chi connectivity index (χ0n) is 10.4. The van der Waals surface area contributed by atoms with Gasteiger partial charge in [0.15, 0.2) is 0 Å². The third-order valence-corrected chi connectivity index (χ3v) is 2.59. The highest BCUT2D eigenvalue weighted by molar-refractivity contribution is 5.95. The first-order valence-electron chi connectivity index (χ1n) is 5.59. The van der Waals surface area contributed by atoms with Gasteiger partial charge in [-0.05, 0) is 30.9 Å². The van der Waals surface area contributed by atoms with Crippen LogP contribution in [0.2, 0.25) is 0 Å². The van der Waals surface area contributed by atoms with Crippen LogP contribution < -0.4 is 11.1 Å². The molecule has 3 heteroatoms. The minimum Gasteiger partial charge on any atom is -0.324 e. The van der Waals surface area contributed by atoms with Gasteiger partial charge in [0.25, 0.3) is 0 Å². The Labute approximate surface area is 97.0 Å². The fourth-order valence-corrected chi connectivity index (χ4v) is 1.58. The number of nitrogens with one attached hydrogen (secondary N) is 1. The van der Waals surface area contributed by atoms with Crippen molar-refractivity contribution in [2.45, 2.75) is 39.7 Å². The van der Waals surface area contributed by atoms with E-state index in [4.69, 9.17) is 5.73 Å². The van der Waals surface area contributed by atoms with Crippen molar-refractivity contribution in [3.05, 3.63) is 29.3 Å². The quantitative estimate of drug-likeness (QED) is 0.821. The van der Waals surface area contributed by atoms with Gasteiger partial charge in [-0.2, -0.15) is 0 Å². The van der Waals surface area contributed by atoms with Gasteiger partial charge in [-0.15, -0.1) is 0 Å². The van der Waals surface area contributed by atoms with Crippen LogP contribution in [-0.4, -0.2) is 11.9 Å². The van der Waals surface area contributed by atoms with E-state index in [9.17, 15) is 4.79 Å². The average Bonchev–Trinajstić information content (AvgIpc) is 2.20. The smallest absolute Gasteiger partial charge is 0.241 e. The van der Waals surface area contributed by atoms with Crippen molar-refractivity contribution in [1.29, 1.82) is 0 Å². The van der Waals surface area contributed by atoms with Crippen LogP contribution in [0.1, 0.15) is 37.8 Å². The Morgan fingerprint density at radius 2 is 1.94 bits per heavy atom. The molecule has 0 aromatic heterocycles. The molecule has 0 saturated heterocycles. The van der Waals surface area contributed by atoms with Gasteiger partial charge >= 0.3 is 0 Å². The Balaban J connectivity index is 3.06. The molecule has 1 rings (SSSR count). The number of hydrogen-bond acceptors (Lipinski definition) is 2. The lowest BCUT2D eigenvalue weighted by molar-refractivity contribution is -0.117. The van der Waals surface area contributed by atoms with Gasteiger partial charge in [0.05, 0.1) is 6.04 Å². The molecule has 1 aromatic rings. The van der Waals surface area contributed by atoms with E-state index in [0.29, 0.717) is 5.92 Å². The zero-order valence-corrected chi connectivity index (χ0v) is 10.4. The summed E-state index contributed by atoms with van der Waals surface area (Å²) in [7, 11) is 0. The fraction of sp³-hybridized carbons (Fsp3) is 0.462. The lowest BCUT2D eigenvalue weighted by atomic mass is 9.98. The van der Waals surface area contributed by atoms with Crippen LogP contribution in [0.5, 0.6) is 0 Å². The molecule has 0 aliphatic carbocycles. The van der Waals surface area contributed by atoms with Gasteiger partial charge in [-0.3, -0.25) is 4.79 Å². The van der Waals surface area contributed by atoms with Crippen molar-refractivity contribution in [3.8, 4) is 0 Å². The Morgan fingerprint density at radius 1 is 1.31 bits per heavy atom. The van der Waals surface area contributed by atoms with Gasteiger partial charge in [0.2, 0.25) is 5.91 Å². The van der Waals surface area contributed by atoms with Crippen LogP contribution in [0, 0.1) is 6.92 Å². The summed E-state index contributed by atoms with van der Waals surface area (Å²) in [5, 5.41) is 2.90. The summed E-state index contributed by atoms with van der Waals surface area (Å²) in [6.45, 7) is 7.89. The molecule has 0 aliphatic heterocycles. The Hall–Kier alpha value is -1.35. The number of benzene rings is 1. The van der Waals surface area contributed by atoms with Crippen LogP contribution in [0.25, 0.3) is 0 Å². The number of amides is 1. The van der Waals surface area contributed by atoms with Gasteiger partial charge in [-0.25, -0.2) is 0 Å². The SMILES string of the molecule is Cc1cccc(C(C)C)c1NC(=O)[C@@H](C)N. The van der Waals surface area contributed by atoms with Gasteiger partial charge in [0.1, 0.15) is 0 Å². The highest BCUT2D eigenvalue weighted by Crippen LogP contribution is 2.27. The van der Waals surface area contributed by atoms with Crippen molar-refractivity contribution < 1.29 is 4.79 Å². The summed E-state index contributed by atoms with van der Waals surface area (Å²) in [5.74, 6) is 0.236. The van der Waals surface area contributed by atoms with E-state index in [1.165, 1.54) is 0 Å². The molecule has 3 N–H and O–H groups in total. The molecule has 1 aromatic carbocycles. The molecule has 0 radical (unpaired) electrons. The maximum atomic E-state index is 11.6. The van der Waals surface area contributed by atoms with Crippen molar-refractivity contribution in [2.75, 3.05) is 5.32 Å². The summed E-state index contributed by atoms with van der Waals surface area (Å²) in [6.07, 6.45) is 0. The van der Waals surface area contributed by atoms with Gasteiger partial charge in [0, 0.05) is 5.69 Å². The molecule has 0 spiro atoms. The molecule has 0 fully saturated rings. The molecule has 16 heavy (non-hydrogen) atoms.